The minimum Gasteiger partial charge on any atom is -0.332 e. The maximum absolute atomic E-state index is 11.2. The third kappa shape index (κ3) is 4.33. The fraction of sp³-hybridized carbons (Fsp3) is 0.125. The minimum atomic E-state index is -0.433. The largest absolute Gasteiger partial charge is 0.332 e. The molecule has 0 radical (unpaired) electrons. The SMILES string of the molecule is CC(=O)c1ccc(NC(=S)Nc2ccc(C)c([N+](=O)[O-])c2)cc1. The van der Waals surface area contributed by atoms with Gasteiger partial charge in [-0.05, 0) is 56.4 Å². The molecule has 2 aromatic carbocycles. The van der Waals surface area contributed by atoms with Crippen LogP contribution >= 0.6 is 12.2 Å². The van der Waals surface area contributed by atoms with Gasteiger partial charge < -0.3 is 10.6 Å². The molecule has 0 spiro atoms. The van der Waals surface area contributed by atoms with Gasteiger partial charge in [0.2, 0.25) is 0 Å². The van der Waals surface area contributed by atoms with Crippen LogP contribution in [0.2, 0.25) is 0 Å². The number of nitro benzene ring substituents is 1. The highest BCUT2D eigenvalue weighted by atomic mass is 32.1. The summed E-state index contributed by atoms with van der Waals surface area (Å²) in [5.74, 6) is -0.00998. The molecule has 0 aliphatic carbocycles. The van der Waals surface area contributed by atoms with E-state index in [2.05, 4.69) is 10.6 Å². The predicted octanol–water partition coefficient (Wildman–Crippen LogP) is 3.91. The van der Waals surface area contributed by atoms with Crippen molar-refractivity contribution in [3.8, 4) is 0 Å². The van der Waals surface area contributed by atoms with Crippen molar-refractivity contribution in [2.75, 3.05) is 10.6 Å². The van der Waals surface area contributed by atoms with Gasteiger partial charge in [-0.2, -0.15) is 0 Å². The van der Waals surface area contributed by atoms with Gasteiger partial charge in [-0.3, -0.25) is 14.9 Å². The zero-order valence-corrected chi connectivity index (χ0v) is 13.4. The van der Waals surface area contributed by atoms with Crippen LogP contribution in [-0.2, 0) is 0 Å². The second-order valence-electron chi connectivity index (χ2n) is 4.97. The van der Waals surface area contributed by atoms with Gasteiger partial charge in [0.25, 0.3) is 5.69 Å². The summed E-state index contributed by atoms with van der Waals surface area (Å²) in [5, 5.41) is 17.1. The number of Topliss-reactive ketones (excluding diaryl/α,β-unsaturated/α-hetero) is 1. The molecule has 2 aromatic rings. The Labute approximate surface area is 138 Å². The molecule has 0 fully saturated rings. The lowest BCUT2D eigenvalue weighted by atomic mass is 10.1. The quantitative estimate of drug-likeness (QED) is 0.383. The molecule has 7 heteroatoms. The molecule has 0 bridgehead atoms. The van der Waals surface area contributed by atoms with Gasteiger partial charge in [0.15, 0.2) is 10.9 Å². The third-order valence-corrected chi connectivity index (χ3v) is 3.42. The average molecular weight is 329 g/mol. The number of thiocarbonyl (C=S) groups is 1. The smallest absolute Gasteiger partial charge is 0.274 e. The van der Waals surface area contributed by atoms with Crippen molar-refractivity contribution in [3.05, 3.63) is 63.7 Å². The van der Waals surface area contributed by atoms with Crippen LogP contribution in [0.15, 0.2) is 42.5 Å². The van der Waals surface area contributed by atoms with Crippen molar-refractivity contribution in [2.24, 2.45) is 0 Å². The van der Waals surface area contributed by atoms with Crippen LogP contribution < -0.4 is 10.6 Å². The highest BCUT2D eigenvalue weighted by Gasteiger charge is 2.11. The van der Waals surface area contributed by atoms with Gasteiger partial charge in [-0.25, -0.2) is 0 Å². The zero-order valence-electron chi connectivity index (χ0n) is 12.6. The molecule has 2 N–H and O–H groups in total. The van der Waals surface area contributed by atoms with Gasteiger partial charge >= 0.3 is 0 Å². The van der Waals surface area contributed by atoms with Crippen LogP contribution in [0.4, 0.5) is 17.1 Å². The van der Waals surface area contributed by atoms with Crippen LogP contribution in [0.5, 0.6) is 0 Å². The van der Waals surface area contributed by atoms with E-state index >= 15 is 0 Å². The fourth-order valence-corrected chi connectivity index (χ4v) is 2.20. The first kappa shape index (κ1) is 16.6. The summed E-state index contributed by atoms with van der Waals surface area (Å²) in [4.78, 5) is 21.7. The topological polar surface area (TPSA) is 84.3 Å². The second kappa shape index (κ2) is 6.97. The summed E-state index contributed by atoms with van der Waals surface area (Å²) in [6, 6.07) is 11.7. The maximum Gasteiger partial charge on any atom is 0.274 e. The Morgan fingerprint density at radius 2 is 1.65 bits per heavy atom. The van der Waals surface area contributed by atoms with E-state index in [1.54, 1.807) is 43.3 Å². The molecule has 0 aliphatic rings. The standard InChI is InChI=1S/C16H15N3O3S/c1-10-3-6-14(9-15(10)19(21)22)18-16(23)17-13-7-4-12(5-8-13)11(2)20/h3-9H,1-2H3,(H2,17,18,23). The molecule has 6 nitrogen and oxygen atoms in total. The van der Waals surface area contributed by atoms with E-state index < -0.39 is 4.92 Å². The number of nitrogens with one attached hydrogen (secondary N) is 2. The Bertz CT molecular complexity index is 773. The number of nitro groups is 1. The highest BCUT2D eigenvalue weighted by Crippen LogP contribution is 2.22. The second-order valence-corrected chi connectivity index (χ2v) is 5.38. The summed E-state index contributed by atoms with van der Waals surface area (Å²) in [6.07, 6.45) is 0. The summed E-state index contributed by atoms with van der Waals surface area (Å²) in [7, 11) is 0. The molecule has 0 heterocycles. The van der Waals surface area contributed by atoms with Crippen molar-refractivity contribution in [1.29, 1.82) is 0 Å². The number of anilines is 2. The van der Waals surface area contributed by atoms with E-state index in [9.17, 15) is 14.9 Å². The predicted molar refractivity (Wildman–Crippen MR) is 94.1 cm³/mol. The normalized spacial score (nSPS) is 10.0. The van der Waals surface area contributed by atoms with Crippen LogP contribution in [0.1, 0.15) is 22.8 Å². The highest BCUT2D eigenvalue weighted by molar-refractivity contribution is 7.80. The molecular weight excluding hydrogens is 314 g/mol. The van der Waals surface area contributed by atoms with Gasteiger partial charge in [0.05, 0.1) is 4.92 Å². The Balaban J connectivity index is 2.06. The molecule has 0 aliphatic heterocycles. The number of carbonyl (C=O) groups excluding carboxylic acids is 1. The van der Waals surface area contributed by atoms with Crippen LogP contribution in [0.25, 0.3) is 0 Å². The van der Waals surface area contributed by atoms with Crippen LogP contribution in [0.3, 0.4) is 0 Å². The van der Waals surface area contributed by atoms with Crippen molar-refractivity contribution >= 4 is 40.2 Å². The number of nitrogens with zero attached hydrogens (tertiary/aromatic N) is 1. The maximum atomic E-state index is 11.2. The first-order valence-electron chi connectivity index (χ1n) is 6.81. The van der Waals surface area contributed by atoms with Crippen molar-refractivity contribution < 1.29 is 9.72 Å². The van der Waals surface area contributed by atoms with Gasteiger partial charge in [0, 0.05) is 28.6 Å². The number of hydrogen-bond acceptors (Lipinski definition) is 4. The number of hydrogen-bond donors (Lipinski definition) is 2. The molecule has 0 unspecified atom stereocenters. The van der Waals surface area contributed by atoms with E-state index in [-0.39, 0.29) is 11.5 Å². The lowest BCUT2D eigenvalue weighted by Gasteiger charge is -2.11. The molecule has 23 heavy (non-hydrogen) atoms. The first-order valence-corrected chi connectivity index (χ1v) is 7.21. The van der Waals surface area contributed by atoms with Gasteiger partial charge in [-0.15, -0.1) is 0 Å². The molecule has 0 saturated carbocycles. The van der Waals surface area contributed by atoms with E-state index in [4.69, 9.17) is 12.2 Å². The number of rotatable bonds is 4. The number of ketones is 1. The lowest BCUT2D eigenvalue weighted by molar-refractivity contribution is -0.385. The van der Waals surface area contributed by atoms with Gasteiger partial charge in [-0.1, -0.05) is 6.07 Å². The van der Waals surface area contributed by atoms with Gasteiger partial charge in [0.1, 0.15) is 0 Å². The van der Waals surface area contributed by atoms with Crippen molar-refractivity contribution in [1.82, 2.24) is 0 Å². The summed E-state index contributed by atoms with van der Waals surface area (Å²) in [5.41, 5.74) is 2.47. The molecule has 2 rings (SSSR count). The molecule has 0 amide bonds. The number of benzene rings is 2. The molecular formula is C16H15N3O3S. The molecule has 0 atom stereocenters. The van der Waals surface area contributed by atoms with Crippen LogP contribution in [0, 0.1) is 17.0 Å². The number of carbonyl (C=O) groups is 1. The van der Waals surface area contributed by atoms with E-state index in [1.807, 2.05) is 0 Å². The zero-order chi connectivity index (χ0) is 17.0. The molecule has 0 aromatic heterocycles. The average Bonchev–Trinajstić information content (AvgIpc) is 2.49. The van der Waals surface area contributed by atoms with Crippen molar-refractivity contribution in [2.45, 2.75) is 13.8 Å². The van der Waals surface area contributed by atoms with Crippen LogP contribution in [-0.4, -0.2) is 15.8 Å². The first-order chi connectivity index (χ1) is 10.9. The summed E-state index contributed by atoms with van der Waals surface area (Å²) < 4.78 is 0. The van der Waals surface area contributed by atoms with E-state index in [0.717, 1.165) is 0 Å². The monoisotopic (exact) mass is 329 g/mol. The summed E-state index contributed by atoms with van der Waals surface area (Å²) >= 11 is 5.19. The third-order valence-electron chi connectivity index (χ3n) is 3.21. The van der Waals surface area contributed by atoms with E-state index in [0.29, 0.717) is 27.6 Å². The fourth-order valence-electron chi connectivity index (χ4n) is 1.97. The Kier molecular flexibility index (Phi) is 5.02. The Hall–Kier alpha value is -2.80. The Morgan fingerprint density at radius 1 is 1.09 bits per heavy atom. The Morgan fingerprint density at radius 3 is 2.22 bits per heavy atom. The minimum absolute atomic E-state index is 0.00998. The molecule has 118 valence electrons. The van der Waals surface area contributed by atoms with Crippen molar-refractivity contribution in [3.63, 3.8) is 0 Å². The summed E-state index contributed by atoms with van der Waals surface area (Å²) in [6.45, 7) is 3.17. The van der Waals surface area contributed by atoms with E-state index in [1.165, 1.54) is 13.0 Å². The lowest BCUT2D eigenvalue weighted by Crippen LogP contribution is -2.19. The molecule has 0 saturated heterocycles. The number of aryl methyl sites for hydroxylation is 1.